The molecular formula is C6H8N2O2. The van der Waals surface area contributed by atoms with Crippen LogP contribution in [0.25, 0.3) is 0 Å². The van der Waals surface area contributed by atoms with Crippen LogP contribution in [0.2, 0.25) is 0 Å². The van der Waals surface area contributed by atoms with Crippen molar-refractivity contribution in [3.05, 3.63) is 5.70 Å². The third-order valence-electron chi connectivity index (χ3n) is 1.26. The van der Waals surface area contributed by atoms with Gasteiger partial charge in [-0.1, -0.05) is 5.16 Å². The molecule has 0 bridgehead atoms. The van der Waals surface area contributed by atoms with E-state index < -0.39 is 0 Å². The molecule has 4 nitrogen and oxygen atoms in total. The molecule has 1 heterocycles. The lowest BCUT2D eigenvalue weighted by Crippen LogP contribution is -2.07. The first-order valence-electron chi connectivity index (χ1n) is 2.98. The van der Waals surface area contributed by atoms with Crippen molar-refractivity contribution in [1.82, 2.24) is 5.32 Å². The van der Waals surface area contributed by atoms with Crippen LogP contribution in [0.4, 0.5) is 0 Å². The molecule has 0 atom stereocenters. The van der Waals surface area contributed by atoms with E-state index >= 15 is 0 Å². The number of carbonyl (C=O) groups excluding carboxylic acids is 1. The molecule has 1 aliphatic heterocycles. The Bertz CT molecular complexity index is 204. The second-order valence-corrected chi connectivity index (χ2v) is 1.87. The maximum atomic E-state index is 10.1. The predicted octanol–water partition coefficient (Wildman–Crippen LogP) is -0.302. The van der Waals surface area contributed by atoms with Gasteiger partial charge in [-0.3, -0.25) is 0 Å². The summed E-state index contributed by atoms with van der Waals surface area (Å²) in [5.74, 6) is 1.74. The van der Waals surface area contributed by atoms with Gasteiger partial charge in [0.1, 0.15) is 18.5 Å². The summed E-state index contributed by atoms with van der Waals surface area (Å²) in [4.78, 5) is 14.6. The minimum Gasteiger partial charge on any atom is -0.399 e. The van der Waals surface area contributed by atoms with Gasteiger partial charge in [-0.15, -0.1) is 0 Å². The Kier molecular flexibility index (Phi) is 2.07. The first-order valence-corrected chi connectivity index (χ1v) is 2.98. The molecule has 0 spiro atoms. The molecule has 0 aromatic carbocycles. The van der Waals surface area contributed by atoms with Crippen LogP contribution in [0.5, 0.6) is 0 Å². The van der Waals surface area contributed by atoms with E-state index in [0.717, 1.165) is 13.0 Å². The van der Waals surface area contributed by atoms with E-state index in [9.17, 15) is 4.79 Å². The number of rotatable bonds is 1. The molecular weight excluding hydrogens is 132 g/mol. The van der Waals surface area contributed by atoms with Gasteiger partial charge in [-0.25, -0.2) is 4.79 Å². The Balaban J connectivity index is 2.77. The van der Waals surface area contributed by atoms with Gasteiger partial charge in [0.2, 0.25) is 0 Å². The number of hydrogen-bond acceptors (Lipinski definition) is 4. The zero-order valence-corrected chi connectivity index (χ0v) is 5.68. The number of nitrogens with one attached hydrogen (secondary N) is 1. The zero-order chi connectivity index (χ0) is 7.40. The van der Waals surface area contributed by atoms with Crippen LogP contribution < -0.4 is 5.32 Å². The van der Waals surface area contributed by atoms with Crippen molar-refractivity contribution in [2.45, 2.75) is 6.42 Å². The molecule has 10 heavy (non-hydrogen) atoms. The van der Waals surface area contributed by atoms with E-state index in [1.165, 1.54) is 7.11 Å². The quantitative estimate of drug-likeness (QED) is 0.402. The Morgan fingerprint density at radius 3 is 3.20 bits per heavy atom. The Hall–Kier alpha value is -1.28. The minimum absolute atomic E-state index is 0.418. The highest BCUT2D eigenvalue weighted by Gasteiger charge is 2.15. The fourth-order valence-corrected chi connectivity index (χ4v) is 0.829. The van der Waals surface area contributed by atoms with Crippen molar-refractivity contribution in [3.8, 4) is 0 Å². The molecule has 0 aromatic rings. The van der Waals surface area contributed by atoms with Gasteiger partial charge < -0.3 is 10.2 Å². The first kappa shape index (κ1) is 6.83. The third-order valence-corrected chi connectivity index (χ3v) is 1.26. The predicted molar refractivity (Wildman–Crippen MR) is 36.3 cm³/mol. The molecule has 1 saturated heterocycles. The molecule has 0 amide bonds. The highest BCUT2D eigenvalue weighted by molar-refractivity contribution is 6.07. The van der Waals surface area contributed by atoms with Crippen LogP contribution in [-0.4, -0.2) is 25.3 Å². The van der Waals surface area contributed by atoms with Crippen molar-refractivity contribution in [3.63, 3.8) is 0 Å². The third kappa shape index (κ3) is 1.17. The highest BCUT2D eigenvalue weighted by atomic mass is 16.6. The lowest BCUT2D eigenvalue weighted by atomic mass is 10.3. The van der Waals surface area contributed by atoms with Crippen LogP contribution >= 0.6 is 0 Å². The van der Waals surface area contributed by atoms with Gasteiger partial charge in [-0.2, -0.15) is 0 Å². The van der Waals surface area contributed by atoms with Gasteiger partial charge in [0, 0.05) is 13.0 Å². The van der Waals surface area contributed by atoms with Gasteiger partial charge in [0.05, 0.1) is 0 Å². The maximum Gasteiger partial charge on any atom is 0.152 e. The SMILES string of the molecule is CON=C1CCNC1=C=O. The standard InChI is InChI=1S/C6H8N2O2/c1-10-8-5-2-3-7-6(5)4-9/h7H,2-3H2,1H3. The van der Waals surface area contributed by atoms with Gasteiger partial charge >= 0.3 is 0 Å². The van der Waals surface area contributed by atoms with Gasteiger partial charge in [0.15, 0.2) is 5.94 Å². The van der Waals surface area contributed by atoms with Gasteiger partial charge in [-0.05, 0) is 0 Å². The van der Waals surface area contributed by atoms with Crippen molar-refractivity contribution >= 4 is 11.7 Å². The maximum absolute atomic E-state index is 10.1. The Labute approximate surface area is 58.5 Å². The van der Waals surface area contributed by atoms with E-state index in [0.29, 0.717) is 11.4 Å². The molecule has 0 saturated carbocycles. The second-order valence-electron chi connectivity index (χ2n) is 1.87. The van der Waals surface area contributed by atoms with Crippen LogP contribution in [0.15, 0.2) is 10.9 Å². The Morgan fingerprint density at radius 2 is 2.60 bits per heavy atom. The summed E-state index contributed by atoms with van der Waals surface area (Å²) in [5.41, 5.74) is 1.07. The van der Waals surface area contributed by atoms with Crippen LogP contribution in [-0.2, 0) is 9.63 Å². The Morgan fingerprint density at radius 1 is 1.80 bits per heavy atom. The molecule has 1 rings (SSSR count). The van der Waals surface area contributed by atoms with Crippen LogP contribution in [0.1, 0.15) is 6.42 Å². The summed E-state index contributed by atoms with van der Waals surface area (Å²) in [6.45, 7) is 0.743. The number of oxime groups is 1. The van der Waals surface area contributed by atoms with E-state index in [2.05, 4.69) is 15.3 Å². The number of nitrogens with zero attached hydrogens (tertiary/aromatic N) is 1. The molecule has 0 aliphatic carbocycles. The van der Waals surface area contributed by atoms with Crippen LogP contribution in [0, 0.1) is 0 Å². The number of hydrogen-bond donors (Lipinski definition) is 1. The zero-order valence-electron chi connectivity index (χ0n) is 5.68. The fraction of sp³-hybridized carbons (Fsp3) is 0.500. The average molecular weight is 140 g/mol. The minimum atomic E-state index is 0.418. The molecule has 4 heteroatoms. The molecule has 0 unspecified atom stereocenters. The molecule has 1 fully saturated rings. The smallest absolute Gasteiger partial charge is 0.152 e. The average Bonchev–Trinajstić information content (AvgIpc) is 2.36. The van der Waals surface area contributed by atoms with E-state index in [1.807, 2.05) is 0 Å². The summed E-state index contributed by atoms with van der Waals surface area (Å²) in [7, 11) is 1.45. The lowest BCUT2D eigenvalue weighted by Gasteiger charge is -1.91. The topological polar surface area (TPSA) is 50.7 Å². The molecule has 1 aliphatic rings. The summed E-state index contributed by atoms with van der Waals surface area (Å²) in [5, 5.41) is 6.45. The van der Waals surface area contributed by atoms with Crippen molar-refractivity contribution in [2.24, 2.45) is 5.16 Å². The molecule has 0 aromatic heterocycles. The summed E-state index contributed by atoms with van der Waals surface area (Å²) < 4.78 is 0. The van der Waals surface area contributed by atoms with Crippen molar-refractivity contribution in [2.75, 3.05) is 13.7 Å². The summed E-state index contributed by atoms with van der Waals surface area (Å²) in [6.07, 6.45) is 0.735. The van der Waals surface area contributed by atoms with Crippen LogP contribution in [0.3, 0.4) is 0 Å². The summed E-state index contributed by atoms with van der Waals surface area (Å²) >= 11 is 0. The largest absolute Gasteiger partial charge is 0.399 e. The first-order chi connectivity index (χ1) is 4.88. The molecule has 0 radical (unpaired) electrons. The van der Waals surface area contributed by atoms with E-state index in [1.54, 1.807) is 5.94 Å². The fourth-order valence-electron chi connectivity index (χ4n) is 0.829. The molecule has 1 N–H and O–H groups in total. The van der Waals surface area contributed by atoms with E-state index in [4.69, 9.17) is 0 Å². The van der Waals surface area contributed by atoms with Gasteiger partial charge in [0.25, 0.3) is 0 Å². The molecule has 54 valence electrons. The lowest BCUT2D eigenvalue weighted by molar-refractivity contribution is 0.213. The number of allylic oxidation sites excluding steroid dienone is 1. The highest BCUT2D eigenvalue weighted by Crippen LogP contribution is 2.02. The summed E-state index contributed by atoms with van der Waals surface area (Å²) in [6, 6.07) is 0. The van der Waals surface area contributed by atoms with Crippen molar-refractivity contribution in [1.29, 1.82) is 0 Å². The second kappa shape index (κ2) is 3.03. The normalized spacial score (nSPS) is 20.5. The monoisotopic (exact) mass is 140 g/mol. The van der Waals surface area contributed by atoms with E-state index in [-0.39, 0.29) is 0 Å². The van der Waals surface area contributed by atoms with Crippen molar-refractivity contribution < 1.29 is 9.63 Å².